The van der Waals surface area contributed by atoms with Crippen molar-refractivity contribution in [3.63, 3.8) is 0 Å². The van der Waals surface area contributed by atoms with E-state index in [1.165, 1.54) is 103 Å². The highest BCUT2D eigenvalue weighted by molar-refractivity contribution is 5.83. The summed E-state index contributed by atoms with van der Waals surface area (Å²) in [6.07, 6.45) is 32.3. The van der Waals surface area contributed by atoms with Gasteiger partial charge in [0.1, 0.15) is 0 Å². The van der Waals surface area contributed by atoms with Crippen LogP contribution in [0.1, 0.15) is 206 Å². The molecule has 2 saturated carbocycles. The van der Waals surface area contributed by atoms with Gasteiger partial charge in [0.05, 0.1) is 74.5 Å². The van der Waals surface area contributed by atoms with Crippen LogP contribution in [0.2, 0.25) is 0 Å². The molecule has 0 aromatic rings. The summed E-state index contributed by atoms with van der Waals surface area (Å²) in [5.41, 5.74) is 0. The van der Waals surface area contributed by atoms with Crippen molar-refractivity contribution in [2.24, 2.45) is 23.7 Å². The Morgan fingerprint density at radius 2 is 0.517 bits per heavy atom. The number of esters is 4. The Morgan fingerprint density at radius 1 is 0.328 bits per heavy atom. The van der Waals surface area contributed by atoms with Gasteiger partial charge in [-0.25, -0.2) is 0 Å². The molecular weight excluding hydrogens is 737 g/mol. The van der Waals surface area contributed by atoms with Gasteiger partial charge in [-0.1, -0.05) is 155 Å². The van der Waals surface area contributed by atoms with Crippen LogP contribution in [-0.4, -0.2) is 74.7 Å². The summed E-state index contributed by atoms with van der Waals surface area (Å²) in [5, 5.41) is 0. The van der Waals surface area contributed by atoms with Crippen molar-refractivity contribution in [1.82, 2.24) is 0 Å². The smallest absolute Gasteiger partial charge is 0.309 e. The Labute approximate surface area is 351 Å². The lowest BCUT2D eigenvalue weighted by molar-refractivity contribution is -0.162. The second-order valence-electron chi connectivity index (χ2n) is 18.0. The molecule has 0 amide bonds. The number of rotatable bonds is 35. The summed E-state index contributed by atoms with van der Waals surface area (Å²) in [7, 11) is 0. The van der Waals surface area contributed by atoms with Gasteiger partial charge < -0.3 is 28.4 Å². The van der Waals surface area contributed by atoms with Crippen molar-refractivity contribution in [1.29, 1.82) is 0 Å². The van der Waals surface area contributed by atoms with E-state index in [4.69, 9.17) is 28.4 Å². The number of hydrogen-bond donors (Lipinski definition) is 0. The van der Waals surface area contributed by atoms with Gasteiger partial charge in [0.15, 0.2) is 0 Å². The van der Waals surface area contributed by atoms with E-state index in [1.807, 2.05) is 0 Å². The third-order valence-corrected chi connectivity index (χ3v) is 13.0. The van der Waals surface area contributed by atoms with Gasteiger partial charge in [0, 0.05) is 0 Å². The van der Waals surface area contributed by atoms with Crippen LogP contribution in [0.25, 0.3) is 0 Å². The highest BCUT2D eigenvalue weighted by Crippen LogP contribution is 2.45. The average Bonchev–Trinajstić information content (AvgIpc) is 4.17. The van der Waals surface area contributed by atoms with E-state index in [2.05, 4.69) is 13.8 Å². The van der Waals surface area contributed by atoms with E-state index in [-0.39, 0.29) is 48.3 Å². The monoisotopic (exact) mass is 819 g/mol. The molecule has 2 heterocycles. The summed E-state index contributed by atoms with van der Waals surface area (Å²) >= 11 is 0. The topological polar surface area (TPSA) is 130 Å². The molecule has 8 atom stereocenters. The Morgan fingerprint density at radius 3 is 0.724 bits per heavy atom. The van der Waals surface area contributed by atoms with Crippen molar-refractivity contribution < 1.29 is 47.6 Å². The zero-order valence-electron chi connectivity index (χ0n) is 36.7. The fraction of sp³-hybridized carbons (Fsp3) is 0.917. The molecule has 4 fully saturated rings. The first-order valence-electron chi connectivity index (χ1n) is 24.4. The van der Waals surface area contributed by atoms with Gasteiger partial charge in [-0.05, 0) is 51.4 Å². The largest absolute Gasteiger partial charge is 0.465 e. The number of carbonyl (C=O) groups excluding carboxylic acids is 4. The Balaban J connectivity index is 0.981. The molecule has 0 radical (unpaired) electrons. The first-order chi connectivity index (χ1) is 28.4. The third kappa shape index (κ3) is 19.0. The molecule has 10 nitrogen and oxygen atoms in total. The molecule has 0 aromatic carbocycles. The summed E-state index contributed by atoms with van der Waals surface area (Å²) in [6.45, 7) is 6.01. The fourth-order valence-electron chi connectivity index (χ4n) is 9.10. The van der Waals surface area contributed by atoms with Gasteiger partial charge in [-0.15, -0.1) is 0 Å². The van der Waals surface area contributed by atoms with Gasteiger partial charge in [0.25, 0.3) is 0 Å². The van der Waals surface area contributed by atoms with Crippen LogP contribution in [0.5, 0.6) is 0 Å². The van der Waals surface area contributed by atoms with Crippen molar-refractivity contribution >= 4 is 23.9 Å². The molecule has 0 aromatic heterocycles. The number of epoxide rings is 2. The second kappa shape index (κ2) is 29.1. The highest BCUT2D eigenvalue weighted by atomic mass is 16.6. The lowest BCUT2D eigenvalue weighted by Crippen LogP contribution is -2.37. The van der Waals surface area contributed by atoms with Gasteiger partial charge in [0.2, 0.25) is 0 Å². The molecule has 334 valence electrons. The van der Waals surface area contributed by atoms with E-state index in [9.17, 15) is 19.2 Å². The molecule has 58 heavy (non-hydrogen) atoms. The summed E-state index contributed by atoms with van der Waals surface area (Å²) in [5.74, 6) is -3.11. The maximum absolute atomic E-state index is 13.1. The third-order valence-electron chi connectivity index (χ3n) is 13.0. The van der Waals surface area contributed by atoms with Crippen LogP contribution in [0, 0.1) is 23.7 Å². The van der Waals surface area contributed by atoms with Crippen LogP contribution in [0.15, 0.2) is 0 Å². The maximum Gasteiger partial charge on any atom is 0.309 e. The summed E-state index contributed by atoms with van der Waals surface area (Å²) in [4.78, 5) is 52.1. The van der Waals surface area contributed by atoms with E-state index in [0.717, 1.165) is 64.2 Å². The minimum absolute atomic E-state index is 0.0621. The van der Waals surface area contributed by atoms with Gasteiger partial charge >= 0.3 is 23.9 Å². The minimum atomic E-state index is -0.492. The molecule has 2 aliphatic carbocycles. The first-order valence-corrected chi connectivity index (χ1v) is 24.4. The maximum atomic E-state index is 13.1. The first kappa shape index (κ1) is 48.5. The summed E-state index contributed by atoms with van der Waals surface area (Å²) in [6, 6.07) is 0. The van der Waals surface area contributed by atoms with Crippen molar-refractivity contribution in [3.05, 3.63) is 0 Å². The summed E-state index contributed by atoms with van der Waals surface area (Å²) < 4.78 is 34.0. The van der Waals surface area contributed by atoms with Crippen LogP contribution < -0.4 is 0 Å². The fourth-order valence-corrected chi connectivity index (χ4v) is 9.10. The molecule has 0 bridgehead atoms. The lowest BCUT2D eigenvalue weighted by Gasteiger charge is -2.26. The second-order valence-corrected chi connectivity index (χ2v) is 18.0. The molecule has 2 aliphatic heterocycles. The predicted octanol–water partition coefficient (Wildman–Crippen LogP) is 10.9. The number of hydrogen-bond acceptors (Lipinski definition) is 10. The van der Waals surface area contributed by atoms with E-state index < -0.39 is 23.7 Å². The molecule has 0 N–H and O–H groups in total. The zero-order chi connectivity index (χ0) is 41.2. The van der Waals surface area contributed by atoms with E-state index >= 15 is 0 Å². The molecule has 10 heteroatoms. The highest BCUT2D eigenvalue weighted by Gasteiger charge is 2.54. The molecule has 8 unspecified atom stereocenters. The Kier molecular flexibility index (Phi) is 24.3. The van der Waals surface area contributed by atoms with E-state index in [0.29, 0.717) is 52.1 Å². The van der Waals surface area contributed by atoms with Crippen molar-refractivity contribution in [2.45, 2.75) is 231 Å². The lowest BCUT2D eigenvalue weighted by atomic mass is 9.79. The number of carbonyl (C=O) groups is 4. The zero-order valence-corrected chi connectivity index (χ0v) is 36.7. The van der Waals surface area contributed by atoms with E-state index in [1.54, 1.807) is 0 Å². The van der Waals surface area contributed by atoms with Crippen LogP contribution in [0.4, 0.5) is 0 Å². The van der Waals surface area contributed by atoms with Crippen molar-refractivity contribution in [2.75, 3.05) is 26.4 Å². The van der Waals surface area contributed by atoms with Gasteiger partial charge in [-0.3, -0.25) is 19.2 Å². The van der Waals surface area contributed by atoms with Crippen LogP contribution in [-0.2, 0) is 47.6 Å². The number of fused-ring (bicyclic) bond motifs is 2. The van der Waals surface area contributed by atoms with Crippen LogP contribution in [0.3, 0.4) is 0 Å². The Bertz CT molecular complexity index is 1070. The molecule has 0 spiro atoms. The Hall–Kier alpha value is -2.20. The average molecular weight is 819 g/mol. The molecular formula is C48H82O10. The van der Waals surface area contributed by atoms with Crippen molar-refractivity contribution in [3.8, 4) is 0 Å². The molecule has 4 aliphatic rings. The SMILES string of the molecule is CCCCCCCCCCCCOC(=O)C1CC2OC2CC1C(=O)OCCCCCCCCOC(=O)C1CC2OC2CC1C(=O)OCCCCCCCCCCCC. The minimum Gasteiger partial charge on any atom is -0.465 e. The van der Waals surface area contributed by atoms with Crippen LogP contribution >= 0.6 is 0 Å². The predicted molar refractivity (Wildman–Crippen MR) is 225 cm³/mol. The normalized spacial score (nSPS) is 25.6. The quantitative estimate of drug-likeness (QED) is 0.0264. The molecule has 2 saturated heterocycles. The molecule has 4 rings (SSSR count). The standard InChI is InChI=1S/C48H82O10/c1-3-5-7-9-11-13-15-17-21-25-29-53-45(49)37-33-41-43(57-41)35-39(37)47(51)55-31-27-23-19-20-24-28-32-56-48(52)40-36-44-42(58-44)34-38(40)46(50)54-30-26-22-18-16-14-12-10-8-6-4-2/h37-44H,3-36H2,1-2H3. The van der Waals surface area contributed by atoms with Gasteiger partial charge in [-0.2, -0.15) is 0 Å². The number of ether oxygens (including phenoxy) is 6. The number of unbranched alkanes of at least 4 members (excludes halogenated alkanes) is 23.